The van der Waals surface area contributed by atoms with Crippen molar-refractivity contribution in [2.24, 2.45) is 0 Å². The van der Waals surface area contributed by atoms with Crippen LogP contribution in [0.15, 0.2) is 12.3 Å². The van der Waals surface area contributed by atoms with Crippen molar-refractivity contribution in [1.29, 1.82) is 0 Å². The molecule has 0 saturated carbocycles. The van der Waals surface area contributed by atoms with Crippen LogP contribution in [0.25, 0.3) is 0 Å². The second-order valence-electron chi connectivity index (χ2n) is 2.15. The number of rotatable bonds is 3. The molecule has 0 aliphatic heterocycles. The monoisotopic (exact) mass is 171 g/mol. The molecule has 11 heavy (non-hydrogen) atoms. The standard InChI is InChI=1S/C7H10ClN3/c1-9-4-3-7-10-5-2-6(8)11-7/h2,5,9H,3-4H2,1H3. The summed E-state index contributed by atoms with van der Waals surface area (Å²) in [5.41, 5.74) is 0. The van der Waals surface area contributed by atoms with Crippen molar-refractivity contribution in [3.63, 3.8) is 0 Å². The first-order chi connectivity index (χ1) is 5.33. The molecule has 0 saturated heterocycles. The maximum atomic E-state index is 5.65. The van der Waals surface area contributed by atoms with E-state index in [0.29, 0.717) is 5.15 Å². The van der Waals surface area contributed by atoms with Crippen LogP contribution in [0.2, 0.25) is 5.15 Å². The average Bonchev–Trinajstić information content (AvgIpc) is 2.01. The lowest BCUT2D eigenvalue weighted by Gasteiger charge is -1.97. The van der Waals surface area contributed by atoms with Gasteiger partial charge in [-0.1, -0.05) is 11.6 Å². The Labute approximate surface area is 70.8 Å². The number of hydrogen-bond acceptors (Lipinski definition) is 3. The van der Waals surface area contributed by atoms with Crippen LogP contribution < -0.4 is 5.32 Å². The van der Waals surface area contributed by atoms with Gasteiger partial charge in [0.25, 0.3) is 0 Å². The van der Waals surface area contributed by atoms with Gasteiger partial charge in [-0.2, -0.15) is 0 Å². The molecule has 0 aliphatic rings. The number of halogens is 1. The summed E-state index contributed by atoms with van der Waals surface area (Å²) in [6, 6.07) is 1.67. The molecule has 0 radical (unpaired) electrons. The largest absolute Gasteiger partial charge is 0.319 e. The maximum Gasteiger partial charge on any atom is 0.132 e. The van der Waals surface area contributed by atoms with Gasteiger partial charge < -0.3 is 5.32 Å². The topological polar surface area (TPSA) is 37.8 Å². The summed E-state index contributed by atoms with van der Waals surface area (Å²) in [5, 5.41) is 3.52. The highest BCUT2D eigenvalue weighted by molar-refractivity contribution is 6.29. The smallest absolute Gasteiger partial charge is 0.132 e. The molecule has 1 heterocycles. The molecule has 3 nitrogen and oxygen atoms in total. The first-order valence-corrected chi connectivity index (χ1v) is 3.83. The molecule has 0 aliphatic carbocycles. The summed E-state index contributed by atoms with van der Waals surface area (Å²) in [6.45, 7) is 0.875. The van der Waals surface area contributed by atoms with Gasteiger partial charge in [0, 0.05) is 19.2 Å². The van der Waals surface area contributed by atoms with E-state index in [0.717, 1.165) is 18.8 Å². The van der Waals surface area contributed by atoms with Crippen LogP contribution in [-0.2, 0) is 6.42 Å². The Bertz CT molecular complexity index is 227. The Morgan fingerprint density at radius 3 is 3.09 bits per heavy atom. The minimum Gasteiger partial charge on any atom is -0.319 e. The Morgan fingerprint density at radius 1 is 1.64 bits per heavy atom. The van der Waals surface area contributed by atoms with Crippen molar-refractivity contribution in [1.82, 2.24) is 15.3 Å². The zero-order valence-electron chi connectivity index (χ0n) is 6.34. The van der Waals surface area contributed by atoms with E-state index in [2.05, 4.69) is 15.3 Å². The highest BCUT2D eigenvalue weighted by Crippen LogP contribution is 2.01. The third kappa shape index (κ3) is 2.82. The van der Waals surface area contributed by atoms with E-state index >= 15 is 0 Å². The van der Waals surface area contributed by atoms with Crippen LogP contribution in [0.5, 0.6) is 0 Å². The van der Waals surface area contributed by atoms with Crippen LogP contribution >= 0.6 is 11.6 Å². The number of nitrogens with zero attached hydrogens (tertiary/aromatic N) is 2. The second-order valence-corrected chi connectivity index (χ2v) is 2.54. The lowest BCUT2D eigenvalue weighted by Crippen LogP contribution is -2.12. The maximum absolute atomic E-state index is 5.65. The lowest BCUT2D eigenvalue weighted by molar-refractivity contribution is 0.755. The fourth-order valence-corrected chi connectivity index (χ4v) is 0.885. The number of likely N-dealkylation sites (N-methyl/N-ethyl adjacent to an activating group) is 1. The fourth-order valence-electron chi connectivity index (χ4n) is 0.731. The van der Waals surface area contributed by atoms with Crippen LogP contribution in [0.1, 0.15) is 5.82 Å². The van der Waals surface area contributed by atoms with Crippen LogP contribution in [0.3, 0.4) is 0 Å². The van der Waals surface area contributed by atoms with Gasteiger partial charge in [-0.25, -0.2) is 9.97 Å². The van der Waals surface area contributed by atoms with Gasteiger partial charge in [0.1, 0.15) is 11.0 Å². The van der Waals surface area contributed by atoms with E-state index in [1.54, 1.807) is 12.3 Å². The van der Waals surface area contributed by atoms with E-state index in [1.807, 2.05) is 7.05 Å². The van der Waals surface area contributed by atoms with Gasteiger partial charge in [0.2, 0.25) is 0 Å². The van der Waals surface area contributed by atoms with E-state index in [4.69, 9.17) is 11.6 Å². The third-order valence-electron chi connectivity index (χ3n) is 1.27. The highest BCUT2D eigenvalue weighted by atomic mass is 35.5. The normalized spacial score (nSPS) is 10.0. The minimum atomic E-state index is 0.506. The molecule has 1 N–H and O–H groups in total. The molecular formula is C7H10ClN3. The number of nitrogens with one attached hydrogen (secondary N) is 1. The molecule has 1 aromatic rings. The zero-order chi connectivity index (χ0) is 8.10. The summed E-state index contributed by atoms with van der Waals surface area (Å²) in [4.78, 5) is 8.07. The molecule has 1 rings (SSSR count). The van der Waals surface area contributed by atoms with Crippen molar-refractivity contribution in [2.45, 2.75) is 6.42 Å². The van der Waals surface area contributed by atoms with E-state index < -0.39 is 0 Å². The molecule has 0 atom stereocenters. The molecule has 1 aromatic heterocycles. The van der Waals surface area contributed by atoms with Gasteiger partial charge in [-0.3, -0.25) is 0 Å². The first kappa shape index (κ1) is 8.43. The Hall–Kier alpha value is -0.670. The molecule has 0 bridgehead atoms. The molecule has 0 unspecified atom stereocenters. The van der Waals surface area contributed by atoms with Crippen molar-refractivity contribution >= 4 is 11.6 Å². The van der Waals surface area contributed by atoms with Gasteiger partial charge in [-0.05, 0) is 13.1 Å². The molecule has 4 heteroatoms. The van der Waals surface area contributed by atoms with Crippen LogP contribution in [-0.4, -0.2) is 23.6 Å². The summed E-state index contributed by atoms with van der Waals surface area (Å²) in [6.07, 6.45) is 2.48. The van der Waals surface area contributed by atoms with E-state index in [9.17, 15) is 0 Å². The van der Waals surface area contributed by atoms with Crippen molar-refractivity contribution in [3.05, 3.63) is 23.2 Å². The van der Waals surface area contributed by atoms with Gasteiger partial charge in [0.15, 0.2) is 0 Å². The molecule has 0 amide bonds. The quantitative estimate of drug-likeness (QED) is 0.687. The predicted molar refractivity (Wildman–Crippen MR) is 44.7 cm³/mol. The van der Waals surface area contributed by atoms with Crippen molar-refractivity contribution in [3.8, 4) is 0 Å². The Kier molecular flexibility index (Phi) is 3.26. The molecular weight excluding hydrogens is 162 g/mol. The Balaban J connectivity index is 2.56. The van der Waals surface area contributed by atoms with E-state index in [-0.39, 0.29) is 0 Å². The molecule has 60 valence electrons. The average molecular weight is 172 g/mol. The van der Waals surface area contributed by atoms with Crippen molar-refractivity contribution < 1.29 is 0 Å². The third-order valence-corrected chi connectivity index (χ3v) is 1.48. The first-order valence-electron chi connectivity index (χ1n) is 3.45. The summed E-state index contributed by atoms with van der Waals surface area (Å²) in [7, 11) is 1.89. The molecule has 0 aromatic carbocycles. The number of aromatic nitrogens is 2. The molecule has 0 fully saturated rings. The Morgan fingerprint density at radius 2 is 2.45 bits per heavy atom. The van der Waals surface area contributed by atoms with E-state index in [1.165, 1.54) is 0 Å². The van der Waals surface area contributed by atoms with Crippen LogP contribution in [0.4, 0.5) is 0 Å². The summed E-state index contributed by atoms with van der Waals surface area (Å²) in [5.74, 6) is 0.784. The summed E-state index contributed by atoms with van der Waals surface area (Å²) >= 11 is 5.65. The van der Waals surface area contributed by atoms with Crippen LogP contribution in [0, 0.1) is 0 Å². The number of hydrogen-bond donors (Lipinski definition) is 1. The minimum absolute atomic E-state index is 0.506. The van der Waals surface area contributed by atoms with Gasteiger partial charge in [0.05, 0.1) is 0 Å². The second kappa shape index (κ2) is 4.26. The van der Waals surface area contributed by atoms with Gasteiger partial charge >= 0.3 is 0 Å². The predicted octanol–water partition coefficient (Wildman–Crippen LogP) is 0.892. The van der Waals surface area contributed by atoms with Crippen molar-refractivity contribution in [2.75, 3.05) is 13.6 Å². The molecule has 0 spiro atoms. The SMILES string of the molecule is CNCCc1nccc(Cl)n1. The van der Waals surface area contributed by atoms with Gasteiger partial charge in [-0.15, -0.1) is 0 Å². The zero-order valence-corrected chi connectivity index (χ0v) is 7.10. The lowest BCUT2D eigenvalue weighted by atomic mass is 10.4. The highest BCUT2D eigenvalue weighted by Gasteiger charge is 1.94. The summed E-state index contributed by atoms with van der Waals surface area (Å²) < 4.78 is 0. The fraction of sp³-hybridized carbons (Fsp3) is 0.429.